The summed E-state index contributed by atoms with van der Waals surface area (Å²) in [5.41, 5.74) is 2.35. The van der Waals surface area contributed by atoms with Gasteiger partial charge in [-0.25, -0.2) is 9.37 Å². The molecular weight excluding hydrogens is 387 g/mol. The Balaban J connectivity index is 1.55. The molecule has 0 radical (unpaired) electrons. The Bertz CT molecular complexity index is 986. The zero-order valence-corrected chi connectivity index (χ0v) is 17.2. The number of nitrogens with one attached hydrogen (secondary N) is 2. The van der Waals surface area contributed by atoms with Gasteiger partial charge in [0, 0.05) is 37.3 Å². The molecule has 0 spiro atoms. The van der Waals surface area contributed by atoms with E-state index >= 15 is 0 Å². The summed E-state index contributed by atoms with van der Waals surface area (Å²) in [6.07, 6.45) is 2.24. The summed E-state index contributed by atoms with van der Waals surface area (Å²) >= 11 is 0. The molecule has 158 valence electrons. The number of hydrogen-bond donors (Lipinski definition) is 2. The second-order valence-corrected chi connectivity index (χ2v) is 6.32. The van der Waals surface area contributed by atoms with Gasteiger partial charge in [-0.15, -0.1) is 0 Å². The van der Waals surface area contributed by atoms with E-state index in [1.54, 1.807) is 32.6 Å². The minimum atomic E-state index is -0.293. The van der Waals surface area contributed by atoms with Gasteiger partial charge in [-0.2, -0.15) is 0 Å². The number of aliphatic imine (C=N–C) groups is 1. The lowest BCUT2D eigenvalue weighted by Crippen LogP contribution is -2.32. The average molecular weight is 412 g/mol. The first-order valence-corrected chi connectivity index (χ1v) is 9.61. The van der Waals surface area contributed by atoms with Gasteiger partial charge in [0.15, 0.2) is 17.5 Å². The third kappa shape index (κ3) is 5.50. The summed E-state index contributed by atoms with van der Waals surface area (Å²) in [6.45, 7) is 3.07. The molecule has 2 aromatic carbocycles. The molecule has 0 aliphatic heterocycles. The van der Waals surface area contributed by atoms with E-state index in [1.165, 1.54) is 12.1 Å². The molecule has 8 heteroatoms. The summed E-state index contributed by atoms with van der Waals surface area (Å²) in [6, 6.07) is 11.6. The van der Waals surface area contributed by atoms with E-state index in [9.17, 15) is 4.39 Å². The van der Waals surface area contributed by atoms with Crippen LogP contribution in [0.3, 0.4) is 0 Å². The highest BCUT2D eigenvalue weighted by Gasteiger charge is 2.09. The maximum atomic E-state index is 13.0. The zero-order valence-electron chi connectivity index (χ0n) is 17.2. The van der Waals surface area contributed by atoms with Gasteiger partial charge < -0.3 is 24.5 Å². The lowest BCUT2D eigenvalue weighted by Gasteiger charge is -2.14. The number of guanidine groups is 1. The van der Waals surface area contributed by atoms with Crippen molar-refractivity contribution in [3.05, 3.63) is 60.2 Å². The molecule has 7 nitrogen and oxygen atoms in total. The van der Waals surface area contributed by atoms with Crippen LogP contribution in [0.5, 0.6) is 11.5 Å². The first kappa shape index (κ1) is 21.2. The van der Waals surface area contributed by atoms with Gasteiger partial charge in [-0.05, 0) is 43.3 Å². The minimum Gasteiger partial charge on any atom is -0.493 e. The third-order valence-corrected chi connectivity index (χ3v) is 4.27. The smallest absolute Gasteiger partial charge is 0.226 e. The van der Waals surface area contributed by atoms with Crippen molar-refractivity contribution in [2.45, 2.75) is 13.3 Å². The van der Waals surface area contributed by atoms with Gasteiger partial charge in [0.1, 0.15) is 12.1 Å². The molecule has 0 bridgehead atoms. The SMILES string of the molecule is CCOc1cc(NC(=NC)NCCc2coc(-c3ccc(F)cc3)n2)ccc1OC. The number of hydrogen-bond acceptors (Lipinski definition) is 5. The Morgan fingerprint density at radius 1 is 1.17 bits per heavy atom. The van der Waals surface area contributed by atoms with Crippen molar-refractivity contribution in [1.82, 2.24) is 10.3 Å². The molecule has 3 rings (SSSR count). The average Bonchev–Trinajstić information content (AvgIpc) is 3.23. The van der Waals surface area contributed by atoms with Gasteiger partial charge >= 0.3 is 0 Å². The van der Waals surface area contributed by atoms with Crippen LogP contribution in [0.4, 0.5) is 10.1 Å². The topological polar surface area (TPSA) is 80.9 Å². The first-order valence-electron chi connectivity index (χ1n) is 9.61. The molecule has 0 unspecified atom stereocenters. The van der Waals surface area contributed by atoms with E-state index in [0.717, 1.165) is 16.9 Å². The highest BCUT2D eigenvalue weighted by molar-refractivity contribution is 5.93. The van der Waals surface area contributed by atoms with Crippen LogP contribution in [0.15, 0.2) is 58.1 Å². The quantitative estimate of drug-likeness (QED) is 0.428. The summed E-state index contributed by atoms with van der Waals surface area (Å²) in [4.78, 5) is 8.68. The van der Waals surface area contributed by atoms with Crippen LogP contribution >= 0.6 is 0 Å². The molecule has 0 saturated carbocycles. The summed E-state index contributed by atoms with van der Waals surface area (Å²) in [7, 11) is 3.31. The number of benzene rings is 2. The molecule has 0 aliphatic rings. The second-order valence-electron chi connectivity index (χ2n) is 6.32. The Kier molecular flexibility index (Phi) is 7.26. The van der Waals surface area contributed by atoms with E-state index in [1.807, 2.05) is 25.1 Å². The molecule has 0 aliphatic carbocycles. The van der Waals surface area contributed by atoms with Gasteiger partial charge in [0.2, 0.25) is 5.89 Å². The summed E-state index contributed by atoms with van der Waals surface area (Å²) in [5.74, 6) is 2.13. The molecule has 1 heterocycles. The van der Waals surface area contributed by atoms with E-state index in [4.69, 9.17) is 13.9 Å². The van der Waals surface area contributed by atoms with Crippen LogP contribution in [-0.2, 0) is 6.42 Å². The largest absolute Gasteiger partial charge is 0.493 e. The van der Waals surface area contributed by atoms with Crippen LogP contribution < -0.4 is 20.1 Å². The van der Waals surface area contributed by atoms with Crippen molar-refractivity contribution in [1.29, 1.82) is 0 Å². The third-order valence-electron chi connectivity index (χ3n) is 4.27. The molecule has 30 heavy (non-hydrogen) atoms. The lowest BCUT2D eigenvalue weighted by molar-refractivity contribution is 0.311. The van der Waals surface area contributed by atoms with Crippen molar-refractivity contribution in [2.75, 3.05) is 32.6 Å². The van der Waals surface area contributed by atoms with Crippen LogP contribution in [-0.4, -0.2) is 38.3 Å². The Morgan fingerprint density at radius 3 is 2.67 bits per heavy atom. The lowest BCUT2D eigenvalue weighted by atomic mass is 10.2. The van der Waals surface area contributed by atoms with Crippen molar-refractivity contribution in [3.8, 4) is 23.0 Å². The monoisotopic (exact) mass is 412 g/mol. The molecule has 0 fully saturated rings. The number of ether oxygens (including phenoxy) is 2. The highest BCUT2D eigenvalue weighted by Crippen LogP contribution is 2.30. The summed E-state index contributed by atoms with van der Waals surface area (Å²) in [5, 5.41) is 6.46. The fourth-order valence-corrected chi connectivity index (χ4v) is 2.79. The van der Waals surface area contributed by atoms with Gasteiger partial charge in [0.25, 0.3) is 0 Å². The highest BCUT2D eigenvalue weighted by atomic mass is 19.1. The maximum Gasteiger partial charge on any atom is 0.226 e. The van der Waals surface area contributed by atoms with Crippen molar-refractivity contribution in [2.24, 2.45) is 4.99 Å². The molecule has 0 amide bonds. The first-order chi connectivity index (χ1) is 14.6. The zero-order chi connectivity index (χ0) is 21.3. The number of methoxy groups -OCH3 is 1. The van der Waals surface area contributed by atoms with E-state index in [-0.39, 0.29) is 5.82 Å². The van der Waals surface area contributed by atoms with Crippen molar-refractivity contribution in [3.63, 3.8) is 0 Å². The molecule has 1 aromatic heterocycles. The number of anilines is 1. The van der Waals surface area contributed by atoms with Gasteiger partial charge in [-0.1, -0.05) is 0 Å². The minimum absolute atomic E-state index is 0.293. The Hall–Kier alpha value is -3.55. The predicted molar refractivity (Wildman–Crippen MR) is 115 cm³/mol. The molecule has 0 saturated heterocycles. The Morgan fingerprint density at radius 2 is 1.97 bits per heavy atom. The van der Waals surface area contributed by atoms with Gasteiger partial charge in [0.05, 0.1) is 19.4 Å². The van der Waals surface area contributed by atoms with Gasteiger partial charge in [-0.3, -0.25) is 4.99 Å². The molecular formula is C22H25FN4O3. The Labute approximate surface area is 175 Å². The molecule has 3 aromatic rings. The number of aromatic nitrogens is 1. The van der Waals surface area contributed by atoms with E-state index in [0.29, 0.717) is 42.9 Å². The standard InChI is InChI=1S/C22H25FN4O3/c1-4-29-20-13-17(9-10-19(20)28-3)27-22(24-2)25-12-11-18-14-30-21(26-18)15-5-7-16(23)8-6-15/h5-10,13-14H,4,11-12H2,1-3H3,(H2,24,25,27). The number of oxazole rings is 1. The fourth-order valence-electron chi connectivity index (χ4n) is 2.79. The molecule has 2 N–H and O–H groups in total. The van der Waals surface area contributed by atoms with Crippen LogP contribution in [0.1, 0.15) is 12.6 Å². The van der Waals surface area contributed by atoms with Crippen molar-refractivity contribution >= 4 is 11.6 Å². The number of nitrogens with zero attached hydrogens (tertiary/aromatic N) is 2. The second kappa shape index (κ2) is 10.3. The van der Waals surface area contributed by atoms with Crippen LogP contribution in [0.2, 0.25) is 0 Å². The van der Waals surface area contributed by atoms with Crippen LogP contribution in [0, 0.1) is 5.82 Å². The normalized spacial score (nSPS) is 11.3. The maximum absolute atomic E-state index is 13.0. The number of rotatable bonds is 8. The number of halogens is 1. The van der Waals surface area contributed by atoms with E-state index < -0.39 is 0 Å². The molecule has 0 atom stereocenters. The van der Waals surface area contributed by atoms with Crippen LogP contribution in [0.25, 0.3) is 11.5 Å². The summed E-state index contributed by atoms with van der Waals surface area (Å²) < 4.78 is 29.5. The predicted octanol–water partition coefficient (Wildman–Crippen LogP) is 4.12. The van der Waals surface area contributed by atoms with E-state index in [2.05, 4.69) is 20.6 Å². The fraction of sp³-hybridized carbons (Fsp3) is 0.273. The van der Waals surface area contributed by atoms with Crippen molar-refractivity contribution < 1.29 is 18.3 Å².